The van der Waals surface area contributed by atoms with Crippen LogP contribution in [0, 0.1) is 0 Å². The quantitative estimate of drug-likeness (QED) is 0.495. The highest BCUT2D eigenvalue weighted by atomic mass is 16.1. The average molecular weight is 140 g/mol. The molecule has 1 amide bonds. The van der Waals surface area contributed by atoms with E-state index in [0.717, 1.165) is 19.5 Å². The van der Waals surface area contributed by atoms with Crippen molar-refractivity contribution < 1.29 is 4.79 Å². The van der Waals surface area contributed by atoms with Crippen molar-refractivity contribution in [1.82, 2.24) is 10.2 Å². The maximum Gasteiger partial charge on any atom is 0.221 e. The highest BCUT2D eigenvalue weighted by Gasteiger charge is 2.26. The summed E-state index contributed by atoms with van der Waals surface area (Å²) in [7, 11) is 0. The zero-order chi connectivity index (χ0) is 6.97. The van der Waals surface area contributed by atoms with Crippen LogP contribution in [0.3, 0.4) is 0 Å². The molecule has 10 heavy (non-hydrogen) atoms. The van der Waals surface area contributed by atoms with Gasteiger partial charge in [0.05, 0.1) is 0 Å². The second-order valence-corrected chi connectivity index (χ2v) is 3.10. The summed E-state index contributed by atoms with van der Waals surface area (Å²) in [6.07, 6.45) is 1.84. The van der Waals surface area contributed by atoms with Crippen LogP contribution in [0.5, 0.6) is 0 Å². The monoisotopic (exact) mass is 140 g/mol. The standard InChI is InChI=1S/C7H12N2O/c10-7-2-4-9-3-1-6(5-9)8-7/h6H,1-5H2,(H,8,10). The highest BCUT2D eigenvalue weighted by Crippen LogP contribution is 2.12. The molecule has 2 saturated heterocycles. The second-order valence-electron chi connectivity index (χ2n) is 3.10. The molecule has 0 saturated carbocycles. The topological polar surface area (TPSA) is 32.3 Å². The molecule has 3 nitrogen and oxygen atoms in total. The van der Waals surface area contributed by atoms with E-state index < -0.39 is 0 Å². The van der Waals surface area contributed by atoms with Crippen LogP contribution >= 0.6 is 0 Å². The fraction of sp³-hybridized carbons (Fsp3) is 0.857. The van der Waals surface area contributed by atoms with Gasteiger partial charge < -0.3 is 10.2 Å². The summed E-state index contributed by atoms with van der Waals surface area (Å²) in [6, 6.07) is 0.454. The van der Waals surface area contributed by atoms with Crippen molar-refractivity contribution >= 4 is 5.91 Å². The van der Waals surface area contributed by atoms with Crippen LogP contribution in [0.15, 0.2) is 0 Å². The first-order valence-electron chi connectivity index (χ1n) is 3.86. The molecule has 2 aliphatic rings. The van der Waals surface area contributed by atoms with Crippen LogP contribution in [0.1, 0.15) is 12.8 Å². The molecule has 2 heterocycles. The molecule has 2 rings (SSSR count). The lowest BCUT2D eigenvalue weighted by Crippen LogP contribution is -2.33. The number of carbonyl (C=O) groups excluding carboxylic acids is 1. The van der Waals surface area contributed by atoms with Crippen molar-refractivity contribution in [3.63, 3.8) is 0 Å². The van der Waals surface area contributed by atoms with Crippen LogP contribution in [0.4, 0.5) is 0 Å². The summed E-state index contributed by atoms with van der Waals surface area (Å²) in [6.45, 7) is 3.21. The summed E-state index contributed by atoms with van der Waals surface area (Å²) in [5, 5.41) is 2.99. The fourth-order valence-electron chi connectivity index (χ4n) is 1.71. The molecule has 2 fully saturated rings. The van der Waals surface area contributed by atoms with Gasteiger partial charge in [0.15, 0.2) is 0 Å². The van der Waals surface area contributed by atoms with Gasteiger partial charge in [-0.15, -0.1) is 0 Å². The number of rotatable bonds is 0. The van der Waals surface area contributed by atoms with Crippen LogP contribution in [0.2, 0.25) is 0 Å². The Kier molecular flexibility index (Phi) is 1.38. The predicted octanol–water partition coefficient (Wildman–Crippen LogP) is -0.419. The first kappa shape index (κ1) is 6.16. The molecular formula is C7H12N2O. The van der Waals surface area contributed by atoms with Crippen LogP contribution < -0.4 is 5.32 Å². The fourth-order valence-corrected chi connectivity index (χ4v) is 1.71. The van der Waals surface area contributed by atoms with Gasteiger partial charge in [-0.3, -0.25) is 4.79 Å². The van der Waals surface area contributed by atoms with E-state index in [4.69, 9.17) is 0 Å². The van der Waals surface area contributed by atoms with Gasteiger partial charge in [0, 0.05) is 32.1 Å². The third-order valence-corrected chi connectivity index (χ3v) is 2.29. The molecule has 0 aromatic heterocycles. The number of fused-ring (bicyclic) bond motifs is 2. The van der Waals surface area contributed by atoms with Crippen LogP contribution in [-0.4, -0.2) is 36.5 Å². The molecular weight excluding hydrogens is 128 g/mol. The Bertz CT molecular complexity index is 158. The van der Waals surface area contributed by atoms with Crippen molar-refractivity contribution in [2.24, 2.45) is 0 Å². The molecule has 1 N–H and O–H groups in total. The lowest BCUT2D eigenvalue weighted by molar-refractivity contribution is -0.121. The second kappa shape index (κ2) is 2.23. The Morgan fingerprint density at radius 2 is 2.40 bits per heavy atom. The lowest BCUT2D eigenvalue weighted by Gasteiger charge is -2.10. The number of nitrogens with zero attached hydrogens (tertiary/aromatic N) is 1. The van der Waals surface area contributed by atoms with Gasteiger partial charge in [-0.25, -0.2) is 0 Å². The molecule has 2 aliphatic heterocycles. The summed E-state index contributed by atoms with van der Waals surface area (Å²) in [5.41, 5.74) is 0. The smallest absolute Gasteiger partial charge is 0.221 e. The SMILES string of the molecule is O=C1CCN2CCC(C2)N1. The maximum atomic E-state index is 10.9. The van der Waals surface area contributed by atoms with Crippen LogP contribution in [-0.2, 0) is 4.79 Å². The Balaban J connectivity index is 2.05. The van der Waals surface area contributed by atoms with Crippen molar-refractivity contribution in [3.8, 4) is 0 Å². The van der Waals surface area contributed by atoms with Gasteiger partial charge in [-0.2, -0.15) is 0 Å². The van der Waals surface area contributed by atoms with E-state index in [1.165, 1.54) is 6.54 Å². The molecule has 2 unspecified atom stereocenters. The minimum Gasteiger partial charge on any atom is -0.352 e. The molecule has 3 heteroatoms. The first-order valence-corrected chi connectivity index (χ1v) is 3.86. The molecule has 0 aromatic carbocycles. The minimum absolute atomic E-state index is 0.229. The Morgan fingerprint density at radius 1 is 1.50 bits per heavy atom. The van der Waals surface area contributed by atoms with E-state index in [9.17, 15) is 4.79 Å². The third-order valence-electron chi connectivity index (χ3n) is 2.29. The normalized spacial score (nSPS) is 39.0. The third kappa shape index (κ3) is 1.01. The highest BCUT2D eigenvalue weighted by molar-refractivity contribution is 5.76. The Hall–Kier alpha value is -0.570. The summed E-state index contributed by atoms with van der Waals surface area (Å²) >= 11 is 0. The number of hydrogen-bond acceptors (Lipinski definition) is 2. The van der Waals surface area contributed by atoms with E-state index in [2.05, 4.69) is 10.2 Å². The molecule has 0 spiro atoms. The molecule has 0 aliphatic carbocycles. The van der Waals surface area contributed by atoms with Crippen molar-refractivity contribution in [3.05, 3.63) is 0 Å². The molecule has 0 aromatic rings. The molecule has 0 radical (unpaired) electrons. The summed E-state index contributed by atoms with van der Waals surface area (Å²) in [5.74, 6) is 0.229. The van der Waals surface area contributed by atoms with E-state index >= 15 is 0 Å². The molecule has 2 atom stereocenters. The van der Waals surface area contributed by atoms with E-state index in [1.807, 2.05) is 0 Å². The Labute approximate surface area is 60.4 Å². The van der Waals surface area contributed by atoms with Crippen LogP contribution in [0.25, 0.3) is 0 Å². The van der Waals surface area contributed by atoms with E-state index in [-0.39, 0.29) is 5.91 Å². The Morgan fingerprint density at radius 3 is 3.30 bits per heavy atom. The zero-order valence-corrected chi connectivity index (χ0v) is 5.97. The van der Waals surface area contributed by atoms with E-state index in [1.54, 1.807) is 0 Å². The molecule has 56 valence electrons. The lowest BCUT2D eigenvalue weighted by atomic mass is 10.2. The van der Waals surface area contributed by atoms with Gasteiger partial charge in [0.1, 0.15) is 0 Å². The largest absolute Gasteiger partial charge is 0.352 e. The van der Waals surface area contributed by atoms with Crippen molar-refractivity contribution in [2.45, 2.75) is 18.9 Å². The zero-order valence-electron chi connectivity index (χ0n) is 5.97. The van der Waals surface area contributed by atoms with Gasteiger partial charge in [-0.1, -0.05) is 0 Å². The number of amides is 1. The van der Waals surface area contributed by atoms with Crippen molar-refractivity contribution in [1.29, 1.82) is 0 Å². The average Bonchev–Trinajstić information content (AvgIpc) is 2.22. The predicted molar refractivity (Wildman–Crippen MR) is 37.6 cm³/mol. The molecule has 2 bridgehead atoms. The maximum absolute atomic E-state index is 10.9. The summed E-state index contributed by atoms with van der Waals surface area (Å²) in [4.78, 5) is 13.3. The number of nitrogens with one attached hydrogen (secondary N) is 1. The van der Waals surface area contributed by atoms with Gasteiger partial charge in [0.25, 0.3) is 0 Å². The number of carbonyl (C=O) groups is 1. The van der Waals surface area contributed by atoms with Gasteiger partial charge in [-0.05, 0) is 6.42 Å². The number of hydrogen-bond donors (Lipinski definition) is 1. The van der Waals surface area contributed by atoms with Crippen molar-refractivity contribution in [2.75, 3.05) is 19.6 Å². The van der Waals surface area contributed by atoms with Gasteiger partial charge >= 0.3 is 0 Å². The summed E-state index contributed by atoms with van der Waals surface area (Å²) < 4.78 is 0. The minimum atomic E-state index is 0.229. The first-order chi connectivity index (χ1) is 4.84. The van der Waals surface area contributed by atoms with Gasteiger partial charge in [0.2, 0.25) is 5.91 Å². The van der Waals surface area contributed by atoms with E-state index in [0.29, 0.717) is 12.5 Å².